The first-order valence-electron chi connectivity index (χ1n) is 6.79. The zero-order chi connectivity index (χ0) is 13.7. The van der Waals surface area contributed by atoms with Gasteiger partial charge in [-0.3, -0.25) is 4.79 Å². The molecule has 0 saturated carbocycles. The number of hydrogen-bond donors (Lipinski definition) is 2. The van der Waals surface area contributed by atoms with Gasteiger partial charge in [0.1, 0.15) is 0 Å². The van der Waals surface area contributed by atoms with Crippen molar-refractivity contribution in [2.45, 2.75) is 38.0 Å². The smallest absolute Gasteiger partial charge is 0.237 e. The van der Waals surface area contributed by atoms with Crippen LogP contribution in [0.5, 0.6) is 0 Å². The molecule has 0 spiro atoms. The summed E-state index contributed by atoms with van der Waals surface area (Å²) in [5, 5.41) is 6.25. The first-order chi connectivity index (χ1) is 9.19. The van der Waals surface area contributed by atoms with E-state index in [1.807, 2.05) is 25.1 Å². The second-order valence-electron chi connectivity index (χ2n) is 5.15. The number of ether oxygens (including phenoxy) is 1. The highest BCUT2D eigenvalue weighted by atomic mass is 16.5. The van der Waals surface area contributed by atoms with Gasteiger partial charge in [0.15, 0.2) is 0 Å². The molecule has 3 unspecified atom stereocenters. The molecule has 4 nitrogen and oxygen atoms in total. The van der Waals surface area contributed by atoms with Gasteiger partial charge in [-0.15, -0.1) is 0 Å². The molecule has 4 heteroatoms. The van der Waals surface area contributed by atoms with Crippen molar-refractivity contribution in [2.75, 3.05) is 13.7 Å². The van der Waals surface area contributed by atoms with E-state index in [1.54, 1.807) is 7.11 Å². The SMILES string of the molecule is COC1CNC(C(=O)NC(C)Cc2ccccc2)C1. The number of benzene rings is 1. The van der Waals surface area contributed by atoms with Gasteiger partial charge in [0.25, 0.3) is 0 Å². The minimum absolute atomic E-state index is 0.0722. The van der Waals surface area contributed by atoms with Gasteiger partial charge in [-0.1, -0.05) is 30.3 Å². The summed E-state index contributed by atoms with van der Waals surface area (Å²) in [5.41, 5.74) is 1.24. The van der Waals surface area contributed by atoms with E-state index in [2.05, 4.69) is 22.8 Å². The van der Waals surface area contributed by atoms with Crippen LogP contribution in [0.2, 0.25) is 0 Å². The third-order valence-electron chi connectivity index (χ3n) is 3.51. The van der Waals surface area contributed by atoms with Gasteiger partial charge in [0, 0.05) is 19.7 Å². The van der Waals surface area contributed by atoms with E-state index in [0.717, 1.165) is 19.4 Å². The largest absolute Gasteiger partial charge is 0.380 e. The summed E-state index contributed by atoms with van der Waals surface area (Å²) < 4.78 is 5.25. The van der Waals surface area contributed by atoms with Crippen molar-refractivity contribution in [2.24, 2.45) is 0 Å². The number of amides is 1. The number of rotatable bonds is 5. The Morgan fingerprint density at radius 1 is 1.47 bits per heavy atom. The van der Waals surface area contributed by atoms with E-state index >= 15 is 0 Å². The zero-order valence-electron chi connectivity index (χ0n) is 11.6. The molecule has 104 valence electrons. The molecule has 1 fully saturated rings. The Hall–Kier alpha value is -1.39. The van der Waals surface area contributed by atoms with Crippen molar-refractivity contribution in [1.82, 2.24) is 10.6 Å². The molecule has 2 rings (SSSR count). The molecule has 1 heterocycles. The standard InChI is InChI=1S/C15H22N2O2/c1-11(8-12-6-4-3-5-7-12)17-15(18)14-9-13(19-2)10-16-14/h3-7,11,13-14,16H,8-10H2,1-2H3,(H,17,18). The fourth-order valence-electron chi connectivity index (χ4n) is 2.44. The maximum Gasteiger partial charge on any atom is 0.237 e. The van der Waals surface area contributed by atoms with Crippen LogP contribution in [0.4, 0.5) is 0 Å². The number of methoxy groups -OCH3 is 1. The number of carbonyl (C=O) groups is 1. The molecule has 3 atom stereocenters. The first kappa shape index (κ1) is 14.0. The molecule has 2 N–H and O–H groups in total. The Morgan fingerprint density at radius 3 is 2.84 bits per heavy atom. The zero-order valence-corrected chi connectivity index (χ0v) is 11.6. The summed E-state index contributed by atoms with van der Waals surface area (Å²) in [6.07, 6.45) is 1.76. The molecule has 0 aromatic heterocycles. The molecule has 0 aliphatic carbocycles. The van der Waals surface area contributed by atoms with Crippen LogP contribution in [0, 0.1) is 0 Å². The van der Waals surface area contributed by atoms with E-state index in [4.69, 9.17) is 4.74 Å². The topological polar surface area (TPSA) is 50.4 Å². The molecular weight excluding hydrogens is 240 g/mol. The molecule has 1 aliphatic heterocycles. The molecule has 0 radical (unpaired) electrons. The van der Waals surface area contributed by atoms with Crippen LogP contribution < -0.4 is 10.6 Å². The van der Waals surface area contributed by atoms with Crippen molar-refractivity contribution in [1.29, 1.82) is 0 Å². The number of carbonyl (C=O) groups excluding carboxylic acids is 1. The third kappa shape index (κ3) is 4.04. The van der Waals surface area contributed by atoms with Crippen molar-refractivity contribution < 1.29 is 9.53 Å². The average molecular weight is 262 g/mol. The van der Waals surface area contributed by atoms with Crippen LogP contribution in [0.25, 0.3) is 0 Å². The fraction of sp³-hybridized carbons (Fsp3) is 0.533. The van der Waals surface area contributed by atoms with Crippen LogP contribution in [-0.4, -0.2) is 37.7 Å². The van der Waals surface area contributed by atoms with Crippen LogP contribution in [-0.2, 0) is 16.0 Å². The van der Waals surface area contributed by atoms with E-state index in [9.17, 15) is 4.79 Å². The Kier molecular flexibility index (Phi) is 4.93. The Labute approximate surface area is 114 Å². The van der Waals surface area contributed by atoms with Crippen LogP contribution in [0.15, 0.2) is 30.3 Å². The van der Waals surface area contributed by atoms with Gasteiger partial charge in [0.05, 0.1) is 12.1 Å². The molecule has 1 saturated heterocycles. The van der Waals surface area contributed by atoms with Crippen molar-refractivity contribution in [3.63, 3.8) is 0 Å². The summed E-state index contributed by atoms with van der Waals surface area (Å²) in [5.74, 6) is 0.0722. The predicted molar refractivity (Wildman–Crippen MR) is 75.0 cm³/mol. The molecule has 1 aromatic carbocycles. The van der Waals surface area contributed by atoms with Gasteiger partial charge in [-0.05, 0) is 25.3 Å². The summed E-state index contributed by atoms with van der Waals surface area (Å²) >= 11 is 0. The highest BCUT2D eigenvalue weighted by Gasteiger charge is 2.29. The maximum absolute atomic E-state index is 12.1. The fourth-order valence-corrected chi connectivity index (χ4v) is 2.44. The molecular formula is C15H22N2O2. The minimum atomic E-state index is -0.122. The van der Waals surface area contributed by atoms with E-state index in [-0.39, 0.29) is 24.1 Å². The van der Waals surface area contributed by atoms with Gasteiger partial charge < -0.3 is 15.4 Å². The van der Waals surface area contributed by atoms with Crippen molar-refractivity contribution in [3.8, 4) is 0 Å². The molecule has 1 aromatic rings. The lowest BCUT2D eigenvalue weighted by atomic mass is 10.1. The monoisotopic (exact) mass is 262 g/mol. The Morgan fingerprint density at radius 2 is 2.21 bits per heavy atom. The summed E-state index contributed by atoms with van der Waals surface area (Å²) in [6.45, 7) is 2.79. The average Bonchev–Trinajstić information content (AvgIpc) is 2.88. The highest BCUT2D eigenvalue weighted by Crippen LogP contribution is 2.10. The molecule has 1 aliphatic rings. The molecule has 1 amide bonds. The van der Waals surface area contributed by atoms with Gasteiger partial charge in [-0.25, -0.2) is 0 Å². The molecule has 0 bridgehead atoms. The maximum atomic E-state index is 12.1. The van der Waals surface area contributed by atoms with E-state index < -0.39 is 0 Å². The second-order valence-corrected chi connectivity index (χ2v) is 5.15. The second kappa shape index (κ2) is 6.68. The summed E-state index contributed by atoms with van der Waals surface area (Å²) in [4.78, 5) is 12.1. The lowest BCUT2D eigenvalue weighted by Crippen LogP contribution is -2.44. The Bertz CT molecular complexity index is 408. The number of hydrogen-bond acceptors (Lipinski definition) is 3. The van der Waals surface area contributed by atoms with Crippen LogP contribution in [0.1, 0.15) is 18.9 Å². The summed E-state index contributed by atoms with van der Waals surface area (Å²) in [7, 11) is 1.69. The van der Waals surface area contributed by atoms with E-state index in [1.165, 1.54) is 5.56 Å². The quantitative estimate of drug-likeness (QED) is 0.836. The van der Waals surface area contributed by atoms with Crippen molar-refractivity contribution in [3.05, 3.63) is 35.9 Å². The normalized spacial score (nSPS) is 24.1. The van der Waals surface area contributed by atoms with Gasteiger partial charge in [0.2, 0.25) is 5.91 Å². The van der Waals surface area contributed by atoms with Crippen molar-refractivity contribution >= 4 is 5.91 Å². The predicted octanol–water partition coefficient (Wildman–Crippen LogP) is 1.11. The van der Waals surface area contributed by atoms with Crippen LogP contribution in [0.3, 0.4) is 0 Å². The van der Waals surface area contributed by atoms with Crippen LogP contribution >= 0.6 is 0 Å². The van der Waals surface area contributed by atoms with Gasteiger partial charge in [-0.2, -0.15) is 0 Å². The summed E-state index contributed by atoms with van der Waals surface area (Å²) in [6, 6.07) is 10.2. The van der Waals surface area contributed by atoms with Gasteiger partial charge >= 0.3 is 0 Å². The minimum Gasteiger partial charge on any atom is -0.380 e. The lowest BCUT2D eigenvalue weighted by molar-refractivity contribution is -0.123. The third-order valence-corrected chi connectivity index (χ3v) is 3.51. The lowest BCUT2D eigenvalue weighted by Gasteiger charge is -2.17. The Balaban J connectivity index is 1.79. The highest BCUT2D eigenvalue weighted by molar-refractivity contribution is 5.82. The first-order valence-corrected chi connectivity index (χ1v) is 6.79. The number of nitrogens with one attached hydrogen (secondary N) is 2. The van der Waals surface area contributed by atoms with E-state index in [0.29, 0.717) is 0 Å². The molecule has 19 heavy (non-hydrogen) atoms.